The molecule has 0 radical (unpaired) electrons. The summed E-state index contributed by atoms with van der Waals surface area (Å²) in [4.78, 5) is 19.1. The van der Waals surface area contributed by atoms with Crippen LogP contribution in [-0.4, -0.2) is 15.0 Å². The Labute approximate surface area is 281 Å². The first kappa shape index (κ1) is 27.7. The largest absolute Gasteiger partial charge is 0.238 e. The van der Waals surface area contributed by atoms with Gasteiger partial charge < -0.3 is 0 Å². The molecule has 0 saturated heterocycles. The van der Waals surface area contributed by atoms with E-state index in [1.807, 2.05) is 42.5 Å². The van der Waals surface area contributed by atoms with Gasteiger partial charge in [0.05, 0.1) is 6.57 Å². The number of hydrogen-bond donors (Lipinski definition) is 0. The molecule has 0 aliphatic heterocycles. The van der Waals surface area contributed by atoms with E-state index in [4.69, 9.17) is 21.5 Å². The molecule has 0 amide bonds. The average molecular weight is 619 g/mol. The highest BCUT2D eigenvalue weighted by atomic mass is 15.0. The molecule has 5 aromatic carbocycles. The van der Waals surface area contributed by atoms with Crippen molar-refractivity contribution >= 4 is 5.69 Å². The number of hydrogen-bond acceptors (Lipinski definition) is 3. The summed E-state index contributed by atoms with van der Waals surface area (Å²) in [5.41, 5.74) is 11.6. The normalized spacial score (nSPS) is 24.3. The fourth-order valence-electron chi connectivity index (χ4n) is 10.3. The Morgan fingerprint density at radius 1 is 0.500 bits per heavy atom. The van der Waals surface area contributed by atoms with Crippen LogP contribution < -0.4 is 0 Å². The Bertz CT molecular complexity index is 2240. The second-order valence-electron chi connectivity index (χ2n) is 14.4. The summed E-state index contributed by atoms with van der Waals surface area (Å²) in [5.74, 6) is 5.26. The molecular formula is C44H34N4. The molecule has 230 valence electrons. The second-order valence-corrected chi connectivity index (χ2v) is 14.4. The van der Waals surface area contributed by atoms with Crippen molar-refractivity contribution in [2.24, 2.45) is 23.7 Å². The van der Waals surface area contributed by atoms with Crippen molar-refractivity contribution in [3.63, 3.8) is 0 Å². The lowest BCUT2D eigenvalue weighted by Crippen LogP contribution is -2.55. The third-order valence-electron chi connectivity index (χ3n) is 11.9. The van der Waals surface area contributed by atoms with Crippen LogP contribution in [0.3, 0.4) is 0 Å². The molecular weight excluding hydrogens is 585 g/mol. The molecule has 0 unspecified atom stereocenters. The standard InChI is InChI=1S/C44H34N4/c1-45-35-19-17-29(18-20-35)31-11-7-12-32(26-31)42-46-41(30-9-3-2-4-10-30)47-43(48-42)37-14-8-16-39-40(37)36-13-5-6-15-38(36)44(39)33-22-27-21-28(24-33)25-34(44)23-27/h2-20,26-28,33-34H,21-25H2. The predicted molar refractivity (Wildman–Crippen MR) is 191 cm³/mol. The topological polar surface area (TPSA) is 43.0 Å². The summed E-state index contributed by atoms with van der Waals surface area (Å²) in [6.45, 7) is 7.33. The number of fused-ring (bicyclic) bond motifs is 3. The zero-order chi connectivity index (χ0) is 31.8. The molecule has 1 spiro atoms. The van der Waals surface area contributed by atoms with E-state index in [1.54, 1.807) is 0 Å². The van der Waals surface area contributed by atoms with Gasteiger partial charge in [0.1, 0.15) is 0 Å². The van der Waals surface area contributed by atoms with Gasteiger partial charge in [-0.2, -0.15) is 0 Å². The van der Waals surface area contributed by atoms with Gasteiger partial charge in [-0.15, -0.1) is 0 Å². The summed E-state index contributed by atoms with van der Waals surface area (Å²) in [6.07, 6.45) is 6.87. The Morgan fingerprint density at radius 2 is 1.08 bits per heavy atom. The Balaban J connectivity index is 1.17. The summed E-state index contributed by atoms with van der Waals surface area (Å²) in [5, 5.41) is 0. The van der Waals surface area contributed by atoms with Gasteiger partial charge in [0.2, 0.25) is 0 Å². The lowest BCUT2D eigenvalue weighted by molar-refractivity contribution is -0.0399. The van der Waals surface area contributed by atoms with Crippen LogP contribution in [0.15, 0.2) is 121 Å². The van der Waals surface area contributed by atoms with Crippen molar-refractivity contribution in [1.29, 1.82) is 0 Å². The minimum atomic E-state index is 0.0879. The lowest BCUT2D eigenvalue weighted by atomic mass is 9.43. The number of rotatable bonds is 4. The summed E-state index contributed by atoms with van der Waals surface area (Å²) < 4.78 is 0. The van der Waals surface area contributed by atoms with Crippen LogP contribution >= 0.6 is 0 Å². The molecule has 4 saturated carbocycles. The molecule has 4 fully saturated rings. The third kappa shape index (κ3) is 4.04. The summed E-state index contributed by atoms with van der Waals surface area (Å²) in [7, 11) is 0. The monoisotopic (exact) mass is 618 g/mol. The lowest BCUT2D eigenvalue weighted by Gasteiger charge is -2.61. The number of benzene rings is 5. The molecule has 11 rings (SSSR count). The SMILES string of the molecule is [C-]#[N+]c1ccc(-c2cccc(-c3nc(-c4ccccc4)nc(-c4cccc5c4-c4ccccc4C54C5CC6CC(C5)CC4C6)n3)c2)cc1. The van der Waals surface area contributed by atoms with E-state index in [0.29, 0.717) is 29.2 Å². The van der Waals surface area contributed by atoms with Crippen molar-refractivity contribution in [2.45, 2.75) is 37.5 Å². The fourth-order valence-corrected chi connectivity index (χ4v) is 10.3. The molecule has 0 N–H and O–H groups in total. The first-order valence-corrected chi connectivity index (χ1v) is 17.3. The van der Waals surface area contributed by atoms with Crippen LogP contribution in [-0.2, 0) is 5.41 Å². The molecule has 4 heteroatoms. The van der Waals surface area contributed by atoms with Gasteiger partial charge in [0, 0.05) is 22.1 Å². The van der Waals surface area contributed by atoms with Gasteiger partial charge in [0.15, 0.2) is 23.2 Å². The molecule has 1 aromatic heterocycles. The molecule has 5 aliphatic rings. The van der Waals surface area contributed by atoms with E-state index >= 15 is 0 Å². The van der Waals surface area contributed by atoms with Gasteiger partial charge in [0.25, 0.3) is 0 Å². The average Bonchev–Trinajstić information content (AvgIpc) is 3.45. The maximum Gasteiger partial charge on any atom is 0.187 e. The van der Waals surface area contributed by atoms with Crippen LogP contribution in [0.5, 0.6) is 0 Å². The van der Waals surface area contributed by atoms with E-state index < -0.39 is 0 Å². The fraction of sp³-hybridized carbons (Fsp3) is 0.227. The number of aromatic nitrogens is 3. The minimum absolute atomic E-state index is 0.0879. The number of nitrogens with zero attached hydrogens (tertiary/aromatic N) is 4. The summed E-state index contributed by atoms with van der Waals surface area (Å²) >= 11 is 0. The van der Waals surface area contributed by atoms with Crippen molar-refractivity contribution in [3.8, 4) is 56.4 Å². The first-order chi connectivity index (χ1) is 23.7. The van der Waals surface area contributed by atoms with Gasteiger partial charge in [-0.25, -0.2) is 19.8 Å². The Kier molecular flexibility index (Phi) is 6.09. The molecule has 1 heterocycles. The first-order valence-electron chi connectivity index (χ1n) is 17.3. The Hall–Kier alpha value is -5.40. The van der Waals surface area contributed by atoms with Crippen molar-refractivity contribution in [1.82, 2.24) is 15.0 Å². The second kappa shape index (κ2) is 10.6. The van der Waals surface area contributed by atoms with Gasteiger partial charge in [-0.3, -0.25) is 0 Å². The summed E-state index contributed by atoms with van der Waals surface area (Å²) in [6, 6.07) is 42.6. The molecule has 6 aromatic rings. The highest BCUT2D eigenvalue weighted by Gasteiger charge is 2.61. The Morgan fingerprint density at radius 3 is 1.83 bits per heavy atom. The van der Waals surface area contributed by atoms with Crippen LogP contribution in [0.25, 0.3) is 61.3 Å². The highest BCUT2D eigenvalue weighted by Crippen LogP contribution is 2.69. The molecule has 48 heavy (non-hydrogen) atoms. The zero-order valence-corrected chi connectivity index (χ0v) is 26.7. The van der Waals surface area contributed by atoms with E-state index in [2.05, 4.69) is 83.7 Å². The van der Waals surface area contributed by atoms with Crippen molar-refractivity contribution in [2.75, 3.05) is 0 Å². The molecule has 5 aliphatic carbocycles. The predicted octanol–water partition coefficient (Wildman–Crippen LogP) is 10.8. The van der Waals surface area contributed by atoms with Crippen molar-refractivity contribution < 1.29 is 0 Å². The smallest absolute Gasteiger partial charge is 0.187 e. The van der Waals surface area contributed by atoms with Crippen LogP contribution in [0.1, 0.15) is 43.2 Å². The molecule has 4 nitrogen and oxygen atoms in total. The maximum atomic E-state index is 7.33. The van der Waals surface area contributed by atoms with Gasteiger partial charge in [-0.1, -0.05) is 115 Å². The van der Waals surface area contributed by atoms with Crippen molar-refractivity contribution in [3.05, 3.63) is 144 Å². The van der Waals surface area contributed by atoms with Crippen LogP contribution in [0, 0.1) is 30.2 Å². The van der Waals surface area contributed by atoms with Crippen LogP contribution in [0.4, 0.5) is 5.69 Å². The van der Waals surface area contributed by atoms with Gasteiger partial charge in [-0.05, 0) is 95.2 Å². The molecule has 0 atom stereocenters. The maximum absolute atomic E-state index is 7.33. The highest BCUT2D eigenvalue weighted by molar-refractivity contribution is 5.92. The zero-order valence-electron chi connectivity index (χ0n) is 26.7. The third-order valence-corrected chi connectivity index (χ3v) is 11.9. The quantitative estimate of drug-likeness (QED) is 0.185. The van der Waals surface area contributed by atoms with Crippen LogP contribution in [0.2, 0.25) is 0 Å². The van der Waals surface area contributed by atoms with E-state index in [0.717, 1.165) is 45.5 Å². The minimum Gasteiger partial charge on any atom is -0.238 e. The molecule has 4 bridgehead atoms. The van der Waals surface area contributed by atoms with E-state index in [9.17, 15) is 0 Å². The van der Waals surface area contributed by atoms with E-state index in [-0.39, 0.29) is 5.41 Å². The van der Waals surface area contributed by atoms with E-state index in [1.165, 1.54) is 54.4 Å². The van der Waals surface area contributed by atoms with Gasteiger partial charge >= 0.3 is 0 Å².